The van der Waals surface area contributed by atoms with E-state index < -0.39 is 13.4 Å². The van der Waals surface area contributed by atoms with E-state index in [2.05, 4.69) is 0 Å². The molecule has 1 aliphatic rings. The summed E-state index contributed by atoms with van der Waals surface area (Å²) in [6.45, 7) is 4.51. The van der Waals surface area contributed by atoms with E-state index in [0.717, 1.165) is 11.1 Å². The number of hydrogen-bond donors (Lipinski definition) is 0. The molecule has 1 unspecified atom stereocenters. The third-order valence-electron chi connectivity index (χ3n) is 3.55. The second kappa shape index (κ2) is 6.25. The molecule has 0 saturated carbocycles. The number of benzene rings is 2. The van der Waals surface area contributed by atoms with E-state index >= 15 is 0 Å². The first kappa shape index (κ1) is 15.3. The Hall–Kier alpha value is -1.61. The van der Waals surface area contributed by atoms with Crippen LogP contribution in [0.5, 0.6) is 5.75 Å². The predicted molar refractivity (Wildman–Crippen MR) is 86.8 cm³/mol. The highest BCUT2D eigenvalue weighted by Crippen LogP contribution is 2.58. The summed E-state index contributed by atoms with van der Waals surface area (Å²) in [5.74, 6) is 0.605. The van der Waals surface area contributed by atoms with Crippen molar-refractivity contribution in [3.05, 3.63) is 48.5 Å². The maximum absolute atomic E-state index is 13.6. The Balaban J connectivity index is 2.16. The Morgan fingerprint density at radius 1 is 0.955 bits per heavy atom. The van der Waals surface area contributed by atoms with Crippen molar-refractivity contribution in [2.24, 2.45) is 0 Å². The van der Waals surface area contributed by atoms with Gasteiger partial charge in [-0.15, -0.1) is 0 Å². The topological polar surface area (TPSA) is 44.8 Å². The highest BCUT2D eigenvalue weighted by atomic mass is 31.2. The van der Waals surface area contributed by atoms with Gasteiger partial charge in [0, 0.05) is 18.8 Å². The lowest BCUT2D eigenvalue weighted by Gasteiger charge is -2.32. The molecule has 2 aromatic rings. The first-order valence-corrected chi connectivity index (χ1v) is 9.11. The molecule has 5 heteroatoms. The lowest BCUT2D eigenvalue weighted by Crippen LogP contribution is -2.30. The quantitative estimate of drug-likeness (QED) is 0.617. The Bertz CT molecular complexity index is 707. The summed E-state index contributed by atoms with van der Waals surface area (Å²) in [5, 5.41) is 0.653. The van der Waals surface area contributed by atoms with Crippen molar-refractivity contribution in [2.45, 2.75) is 19.9 Å². The first-order chi connectivity index (χ1) is 10.7. The van der Waals surface area contributed by atoms with Crippen LogP contribution in [-0.4, -0.2) is 19.2 Å². The van der Waals surface area contributed by atoms with E-state index in [1.807, 2.05) is 62.4 Å². The van der Waals surface area contributed by atoms with Crippen molar-refractivity contribution in [3.8, 4) is 16.9 Å². The molecule has 4 nitrogen and oxygen atoms in total. The van der Waals surface area contributed by atoms with Crippen molar-refractivity contribution in [2.75, 3.05) is 13.2 Å². The summed E-state index contributed by atoms with van der Waals surface area (Å²) in [4.78, 5) is 0. The van der Waals surface area contributed by atoms with Crippen molar-refractivity contribution in [1.29, 1.82) is 0 Å². The molecule has 0 amide bonds. The van der Waals surface area contributed by atoms with Gasteiger partial charge >= 0.3 is 7.37 Å². The zero-order valence-corrected chi connectivity index (χ0v) is 13.6. The largest absolute Gasteiger partial charge is 0.436 e. The maximum Gasteiger partial charge on any atom is 0.332 e. The van der Waals surface area contributed by atoms with Gasteiger partial charge in [-0.25, -0.2) is 0 Å². The second-order valence-corrected chi connectivity index (χ2v) is 7.20. The molecular weight excluding hydrogens is 299 g/mol. The fourth-order valence-electron chi connectivity index (χ4n) is 2.62. The molecule has 0 saturated heterocycles. The molecule has 0 fully saturated rings. The molecule has 0 aromatic heterocycles. The van der Waals surface area contributed by atoms with Crippen LogP contribution >= 0.6 is 7.37 Å². The minimum absolute atomic E-state index is 0.405. The number of hydrogen-bond acceptors (Lipinski definition) is 4. The van der Waals surface area contributed by atoms with E-state index in [0.29, 0.717) is 24.3 Å². The molecule has 0 N–H and O–H groups in total. The number of fused-ring (bicyclic) bond motifs is 3. The summed E-state index contributed by atoms with van der Waals surface area (Å²) in [6.07, 6.45) is 0. The molecule has 0 spiro atoms. The average molecular weight is 318 g/mol. The monoisotopic (exact) mass is 318 g/mol. The van der Waals surface area contributed by atoms with Gasteiger partial charge in [-0.05, 0) is 31.5 Å². The molecule has 1 atom stereocenters. The van der Waals surface area contributed by atoms with E-state index in [1.54, 1.807) is 0 Å². The maximum atomic E-state index is 13.6. The number of para-hydroxylation sites is 1. The summed E-state index contributed by atoms with van der Waals surface area (Å²) < 4.78 is 30.7. The Morgan fingerprint density at radius 3 is 2.23 bits per heavy atom. The van der Waals surface area contributed by atoms with Crippen LogP contribution in [0.1, 0.15) is 13.8 Å². The number of rotatable bonds is 5. The summed E-state index contributed by atoms with van der Waals surface area (Å²) in [6, 6.07) is 14.3. The summed E-state index contributed by atoms with van der Waals surface area (Å²) in [5.41, 5.74) is 1.86. The van der Waals surface area contributed by atoms with Crippen LogP contribution in [0, 0.1) is 0 Å². The first-order valence-electron chi connectivity index (χ1n) is 7.42. The van der Waals surface area contributed by atoms with Gasteiger partial charge in [0.1, 0.15) is 5.75 Å². The molecule has 116 valence electrons. The van der Waals surface area contributed by atoms with Gasteiger partial charge < -0.3 is 14.0 Å². The van der Waals surface area contributed by atoms with Crippen LogP contribution in [-0.2, 0) is 14.0 Å². The van der Waals surface area contributed by atoms with Gasteiger partial charge in [0.25, 0.3) is 6.03 Å². The van der Waals surface area contributed by atoms with Crippen molar-refractivity contribution in [3.63, 3.8) is 0 Å². The van der Waals surface area contributed by atoms with E-state index in [9.17, 15) is 4.57 Å². The molecule has 1 aliphatic heterocycles. The third-order valence-corrected chi connectivity index (χ3v) is 5.93. The fourth-order valence-corrected chi connectivity index (χ4v) is 5.00. The van der Waals surface area contributed by atoms with E-state index in [-0.39, 0.29) is 0 Å². The van der Waals surface area contributed by atoms with Gasteiger partial charge in [-0.1, -0.05) is 36.4 Å². The van der Waals surface area contributed by atoms with Gasteiger partial charge in [0.05, 0.1) is 5.30 Å². The van der Waals surface area contributed by atoms with Crippen LogP contribution in [0.15, 0.2) is 48.5 Å². The minimum Gasteiger partial charge on any atom is -0.436 e. The third kappa shape index (κ3) is 2.48. The van der Waals surface area contributed by atoms with Crippen LogP contribution in [0.2, 0.25) is 0 Å². The molecular formula is C17H19O4P. The molecule has 0 radical (unpaired) electrons. The van der Waals surface area contributed by atoms with Gasteiger partial charge in [0.15, 0.2) is 0 Å². The van der Waals surface area contributed by atoms with E-state index in [1.165, 1.54) is 0 Å². The standard InChI is InChI=1S/C17H19O4P/c1-3-19-17(20-4-2)22(18)16-12-8-6-10-14(16)13-9-5-7-11-15(13)21-22/h5-12,17H,3-4H2,1-2H3. The normalized spacial score (nSPS) is 19.4. The van der Waals surface area contributed by atoms with Crippen LogP contribution in [0.25, 0.3) is 11.1 Å². The average Bonchev–Trinajstić information content (AvgIpc) is 2.55. The van der Waals surface area contributed by atoms with Gasteiger partial charge in [0.2, 0.25) is 0 Å². The molecule has 2 aromatic carbocycles. The second-order valence-electron chi connectivity index (χ2n) is 4.92. The van der Waals surface area contributed by atoms with Gasteiger partial charge in [-0.2, -0.15) is 0 Å². The Morgan fingerprint density at radius 2 is 1.55 bits per heavy atom. The van der Waals surface area contributed by atoms with E-state index in [4.69, 9.17) is 14.0 Å². The fraction of sp³-hybridized carbons (Fsp3) is 0.294. The molecule has 22 heavy (non-hydrogen) atoms. The Labute approximate surface area is 130 Å². The summed E-state index contributed by atoms with van der Waals surface area (Å²) >= 11 is 0. The van der Waals surface area contributed by atoms with Crippen LogP contribution < -0.4 is 9.83 Å². The lowest BCUT2D eigenvalue weighted by atomic mass is 10.0. The molecule has 1 heterocycles. The zero-order chi connectivity index (χ0) is 15.6. The zero-order valence-electron chi connectivity index (χ0n) is 12.7. The SMILES string of the molecule is CCOC(OCC)P1(=O)Oc2ccccc2-c2ccccc21. The van der Waals surface area contributed by atoms with Crippen molar-refractivity contribution < 1.29 is 18.6 Å². The smallest absolute Gasteiger partial charge is 0.332 e. The number of ether oxygens (including phenoxy) is 2. The lowest BCUT2D eigenvalue weighted by molar-refractivity contribution is -0.0852. The predicted octanol–water partition coefficient (Wildman–Crippen LogP) is 4.01. The summed E-state index contributed by atoms with van der Waals surface area (Å²) in [7, 11) is -3.32. The van der Waals surface area contributed by atoms with Crippen molar-refractivity contribution in [1.82, 2.24) is 0 Å². The molecule has 0 aliphatic carbocycles. The minimum atomic E-state index is -3.32. The van der Waals surface area contributed by atoms with Crippen molar-refractivity contribution >= 4 is 12.7 Å². The highest BCUT2D eigenvalue weighted by Gasteiger charge is 2.44. The van der Waals surface area contributed by atoms with Crippen LogP contribution in [0.3, 0.4) is 0 Å². The molecule has 0 bridgehead atoms. The Kier molecular flexibility index (Phi) is 4.34. The van der Waals surface area contributed by atoms with Gasteiger partial charge in [-0.3, -0.25) is 4.57 Å². The highest BCUT2D eigenvalue weighted by molar-refractivity contribution is 7.68. The molecule has 3 rings (SSSR count). The van der Waals surface area contributed by atoms with Crippen LogP contribution in [0.4, 0.5) is 0 Å².